The first-order chi connectivity index (χ1) is 17.1. The molecule has 1 heterocycles. The van der Waals surface area contributed by atoms with Crippen molar-refractivity contribution < 1.29 is 4.79 Å². The van der Waals surface area contributed by atoms with Crippen LogP contribution in [0.15, 0.2) is 65.5 Å². The molecule has 1 aromatic heterocycles. The number of para-hydroxylation sites is 1. The van der Waals surface area contributed by atoms with Gasteiger partial charge in [-0.3, -0.25) is 14.2 Å². The number of fused-ring (bicyclic) bond motifs is 1. The Balaban J connectivity index is 1.95. The van der Waals surface area contributed by atoms with E-state index >= 15 is 0 Å². The van der Waals surface area contributed by atoms with Crippen molar-refractivity contribution in [3.8, 4) is 5.69 Å². The largest absolute Gasteiger partial charge is 0.328 e. The summed E-state index contributed by atoms with van der Waals surface area (Å²) in [5.41, 5.74) is 3.59. The van der Waals surface area contributed by atoms with Gasteiger partial charge in [0, 0.05) is 12.1 Å². The second-order valence-electron chi connectivity index (χ2n) is 9.57. The molecule has 36 heavy (non-hydrogen) atoms. The molecule has 3 aromatic carbocycles. The summed E-state index contributed by atoms with van der Waals surface area (Å²) < 4.78 is 1.66. The van der Waals surface area contributed by atoms with Crippen molar-refractivity contribution in [1.29, 1.82) is 0 Å². The highest BCUT2D eigenvalue weighted by Gasteiger charge is 2.29. The zero-order valence-electron chi connectivity index (χ0n) is 21.0. The lowest BCUT2D eigenvalue weighted by atomic mass is 10.1. The van der Waals surface area contributed by atoms with E-state index in [2.05, 4.69) is 0 Å². The van der Waals surface area contributed by atoms with Crippen LogP contribution in [0.25, 0.3) is 16.6 Å². The van der Waals surface area contributed by atoms with Gasteiger partial charge in [0.15, 0.2) is 0 Å². The number of hydrogen-bond donors (Lipinski definition) is 0. The minimum Gasteiger partial charge on any atom is -0.328 e. The standard InChI is InChI=1S/C29H29Cl2N3O2/c1-17(2)16-33(28(35)21-12-13-23(30)24(31)15-21)20(5)27-32-25-9-7-6-8-22(25)29(36)34(27)26-14-18(3)10-11-19(26)4/h6-15,17,20H,16H2,1-5H3. The zero-order chi connectivity index (χ0) is 26.1. The number of carbonyl (C=O) groups excluding carboxylic acids is 1. The van der Waals surface area contributed by atoms with E-state index in [1.165, 1.54) is 0 Å². The lowest BCUT2D eigenvalue weighted by Gasteiger charge is -2.32. The highest BCUT2D eigenvalue weighted by Crippen LogP contribution is 2.29. The van der Waals surface area contributed by atoms with E-state index in [0.717, 1.165) is 16.8 Å². The molecule has 0 spiro atoms. The number of aromatic nitrogens is 2. The molecule has 0 aliphatic heterocycles. The topological polar surface area (TPSA) is 55.2 Å². The van der Waals surface area contributed by atoms with E-state index in [1.807, 2.05) is 71.0 Å². The molecule has 1 atom stereocenters. The first-order valence-electron chi connectivity index (χ1n) is 11.9. The maximum atomic E-state index is 13.9. The Bertz CT molecular complexity index is 1510. The third kappa shape index (κ3) is 5.04. The molecule has 1 amide bonds. The van der Waals surface area contributed by atoms with Crippen molar-refractivity contribution in [1.82, 2.24) is 14.5 Å². The van der Waals surface area contributed by atoms with Crippen LogP contribution in [0.4, 0.5) is 0 Å². The fourth-order valence-corrected chi connectivity index (χ4v) is 4.67. The van der Waals surface area contributed by atoms with Gasteiger partial charge in [0.1, 0.15) is 5.82 Å². The van der Waals surface area contributed by atoms with Crippen molar-refractivity contribution in [2.45, 2.75) is 40.7 Å². The van der Waals surface area contributed by atoms with Gasteiger partial charge in [0.05, 0.1) is 32.7 Å². The van der Waals surface area contributed by atoms with Crippen LogP contribution in [0.2, 0.25) is 10.0 Å². The van der Waals surface area contributed by atoms with E-state index < -0.39 is 6.04 Å². The Morgan fingerprint density at radius 1 is 0.972 bits per heavy atom. The van der Waals surface area contributed by atoms with E-state index in [-0.39, 0.29) is 17.4 Å². The predicted octanol–water partition coefficient (Wildman–Crippen LogP) is 7.17. The molecular weight excluding hydrogens is 493 g/mol. The Hall–Kier alpha value is -3.15. The molecule has 0 aliphatic carbocycles. The van der Waals surface area contributed by atoms with Gasteiger partial charge in [-0.25, -0.2) is 4.98 Å². The Morgan fingerprint density at radius 3 is 2.39 bits per heavy atom. The normalized spacial score (nSPS) is 12.2. The summed E-state index contributed by atoms with van der Waals surface area (Å²) in [7, 11) is 0. The number of aryl methyl sites for hydroxylation is 2. The smallest absolute Gasteiger partial charge is 0.266 e. The number of benzene rings is 3. The monoisotopic (exact) mass is 521 g/mol. The molecule has 5 nitrogen and oxygen atoms in total. The van der Waals surface area contributed by atoms with Crippen LogP contribution in [0, 0.1) is 19.8 Å². The molecule has 186 valence electrons. The average molecular weight is 522 g/mol. The zero-order valence-corrected chi connectivity index (χ0v) is 22.6. The average Bonchev–Trinajstić information content (AvgIpc) is 2.85. The van der Waals surface area contributed by atoms with Gasteiger partial charge in [0.25, 0.3) is 11.5 Å². The van der Waals surface area contributed by atoms with Gasteiger partial charge in [-0.2, -0.15) is 0 Å². The summed E-state index contributed by atoms with van der Waals surface area (Å²) in [6.45, 7) is 10.4. The maximum Gasteiger partial charge on any atom is 0.266 e. The van der Waals surface area contributed by atoms with Gasteiger partial charge in [0.2, 0.25) is 0 Å². The molecule has 0 fully saturated rings. The lowest BCUT2D eigenvalue weighted by Crippen LogP contribution is -2.39. The van der Waals surface area contributed by atoms with Crippen LogP contribution >= 0.6 is 23.2 Å². The fourth-order valence-electron chi connectivity index (χ4n) is 4.37. The second-order valence-corrected chi connectivity index (χ2v) is 10.4. The molecule has 1 unspecified atom stereocenters. The first kappa shape index (κ1) is 25.9. The van der Waals surface area contributed by atoms with E-state index in [4.69, 9.17) is 28.2 Å². The summed E-state index contributed by atoms with van der Waals surface area (Å²) in [5.74, 6) is 0.478. The van der Waals surface area contributed by atoms with Gasteiger partial charge >= 0.3 is 0 Å². The SMILES string of the molecule is Cc1ccc(C)c(-n2c(C(C)N(CC(C)C)C(=O)c3ccc(Cl)c(Cl)c3)nc3ccccc3c2=O)c1. The van der Waals surface area contributed by atoms with Crippen LogP contribution in [0.1, 0.15) is 54.1 Å². The molecule has 4 aromatic rings. The van der Waals surface area contributed by atoms with Crippen LogP contribution < -0.4 is 5.56 Å². The summed E-state index contributed by atoms with van der Waals surface area (Å²) in [4.78, 5) is 34.4. The number of halogens is 2. The molecule has 0 bridgehead atoms. The molecular formula is C29H29Cl2N3O2. The summed E-state index contributed by atoms with van der Waals surface area (Å²) >= 11 is 12.3. The highest BCUT2D eigenvalue weighted by molar-refractivity contribution is 6.42. The van der Waals surface area contributed by atoms with Gasteiger partial charge in [-0.1, -0.05) is 61.3 Å². The minimum absolute atomic E-state index is 0.164. The Labute approximate surface area is 221 Å². The number of hydrogen-bond acceptors (Lipinski definition) is 3. The highest BCUT2D eigenvalue weighted by atomic mass is 35.5. The number of nitrogens with zero attached hydrogens (tertiary/aromatic N) is 3. The summed E-state index contributed by atoms with van der Waals surface area (Å²) in [5, 5.41) is 1.23. The lowest BCUT2D eigenvalue weighted by molar-refractivity contribution is 0.0655. The second kappa shape index (κ2) is 10.5. The quantitative estimate of drug-likeness (QED) is 0.270. The Morgan fingerprint density at radius 2 is 1.69 bits per heavy atom. The third-order valence-electron chi connectivity index (χ3n) is 6.24. The fraction of sp³-hybridized carbons (Fsp3) is 0.276. The number of carbonyl (C=O) groups is 1. The van der Waals surface area contributed by atoms with E-state index in [1.54, 1.807) is 33.7 Å². The first-order valence-corrected chi connectivity index (χ1v) is 12.7. The molecule has 0 saturated heterocycles. The van der Waals surface area contributed by atoms with Crippen molar-refractivity contribution in [3.63, 3.8) is 0 Å². The van der Waals surface area contributed by atoms with Crippen LogP contribution in [0.3, 0.4) is 0 Å². The maximum absolute atomic E-state index is 13.9. The van der Waals surface area contributed by atoms with Gasteiger partial charge in [-0.05, 0) is 74.2 Å². The van der Waals surface area contributed by atoms with E-state index in [0.29, 0.717) is 38.9 Å². The third-order valence-corrected chi connectivity index (χ3v) is 6.98. The van der Waals surface area contributed by atoms with Crippen molar-refractivity contribution >= 4 is 40.0 Å². The van der Waals surface area contributed by atoms with Crippen molar-refractivity contribution in [2.24, 2.45) is 5.92 Å². The van der Waals surface area contributed by atoms with Crippen molar-refractivity contribution in [2.75, 3.05) is 6.54 Å². The van der Waals surface area contributed by atoms with Gasteiger partial charge < -0.3 is 4.90 Å². The van der Waals surface area contributed by atoms with Crippen LogP contribution in [0.5, 0.6) is 0 Å². The summed E-state index contributed by atoms with van der Waals surface area (Å²) in [6, 6.07) is 17.7. The van der Waals surface area contributed by atoms with Gasteiger partial charge in [-0.15, -0.1) is 0 Å². The Kier molecular flexibility index (Phi) is 7.53. The molecule has 4 rings (SSSR count). The van der Waals surface area contributed by atoms with Crippen LogP contribution in [-0.2, 0) is 0 Å². The van der Waals surface area contributed by atoms with Crippen LogP contribution in [-0.4, -0.2) is 26.9 Å². The predicted molar refractivity (Wildman–Crippen MR) is 148 cm³/mol. The minimum atomic E-state index is -0.508. The molecule has 0 aliphatic rings. The van der Waals surface area contributed by atoms with Crippen molar-refractivity contribution in [3.05, 3.63) is 104 Å². The number of amides is 1. The molecule has 0 radical (unpaired) electrons. The summed E-state index contributed by atoms with van der Waals surface area (Å²) in [6.07, 6.45) is 0. The molecule has 0 saturated carbocycles. The van der Waals surface area contributed by atoms with E-state index in [9.17, 15) is 9.59 Å². The molecule has 0 N–H and O–H groups in total. The molecule has 7 heteroatoms. The number of rotatable bonds is 6.